The van der Waals surface area contributed by atoms with E-state index >= 15 is 0 Å². The van der Waals surface area contributed by atoms with E-state index in [2.05, 4.69) is 10.1 Å². The number of rotatable bonds is 5. The molecule has 2 aromatic rings. The molecule has 1 aliphatic rings. The van der Waals surface area contributed by atoms with Gasteiger partial charge in [-0.1, -0.05) is 28.9 Å². The second-order valence-electron chi connectivity index (χ2n) is 6.60. The fourth-order valence-electron chi connectivity index (χ4n) is 3.30. The van der Waals surface area contributed by atoms with Crippen LogP contribution in [0.2, 0.25) is 5.02 Å². The fourth-order valence-corrected chi connectivity index (χ4v) is 3.49. The van der Waals surface area contributed by atoms with Gasteiger partial charge in [0.15, 0.2) is 0 Å². The standard InChI is InChI=1S/C19H23ClN4O3/c1-3-23(13(2)25)12-17(26)24-10-5-4-9-16(24)19-21-18(22-27-19)14-7-6-8-15(20)11-14/h6-8,11,16H,3-5,9-10,12H2,1-2H3. The van der Waals surface area contributed by atoms with E-state index in [0.717, 1.165) is 24.8 Å². The molecule has 0 N–H and O–H groups in total. The third-order valence-corrected chi connectivity index (χ3v) is 5.02. The number of halogens is 1. The van der Waals surface area contributed by atoms with Crippen molar-refractivity contribution in [1.82, 2.24) is 19.9 Å². The Labute approximate surface area is 163 Å². The molecule has 1 saturated heterocycles. The summed E-state index contributed by atoms with van der Waals surface area (Å²) in [7, 11) is 0. The number of likely N-dealkylation sites (N-methyl/N-ethyl adjacent to an activating group) is 1. The summed E-state index contributed by atoms with van der Waals surface area (Å²) < 4.78 is 5.48. The van der Waals surface area contributed by atoms with Crippen LogP contribution in [0.3, 0.4) is 0 Å². The number of likely N-dealkylation sites (tertiary alicyclic amines) is 1. The first kappa shape index (κ1) is 19.4. The number of carbonyl (C=O) groups excluding carboxylic acids is 2. The molecule has 1 aliphatic heterocycles. The molecule has 2 amide bonds. The lowest BCUT2D eigenvalue weighted by Gasteiger charge is -2.34. The van der Waals surface area contributed by atoms with Crippen LogP contribution in [0.4, 0.5) is 0 Å². The first-order valence-electron chi connectivity index (χ1n) is 9.14. The zero-order chi connectivity index (χ0) is 19.4. The Bertz CT molecular complexity index is 823. The van der Waals surface area contributed by atoms with Crippen molar-refractivity contribution in [3.05, 3.63) is 35.2 Å². The molecule has 0 bridgehead atoms. The van der Waals surface area contributed by atoms with Crippen molar-refractivity contribution in [2.45, 2.75) is 39.2 Å². The van der Waals surface area contributed by atoms with Crippen LogP contribution < -0.4 is 0 Å². The van der Waals surface area contributed by atoms with E-state index in [1.165, 1.54) is 11.8 Å². The maximum atomic E-state index is 12.8. The van der Waals surface area contributed by atoms with Crippen LogP contribution in [0.5, 0.6) is 0 Å². The van der Waals surface area contributed by atoms with Gasteiger partial charge in [0.05, 0.1) is 6.54 Å². The van der Waals surface area contributed by atoms with E-state index in [1.54, 1.807) is 17.0 Å². The van der Waals surface area contributed by atoms with Crippen LogP contribution in [-0.2, 0) is 9.59 Å². The van der Waals surface area contributed by atoms with E-state index in [0.29, 0.717) is 29.8 Å². The molecule has 0 spiro atoms. The summed E-state index contributed by atoms with van der Waals surface area (Å²) in [6.07, 6.45) is 2.66. The number of benzene rings is 1. The summed E-state index contributed by atoms with van der Waals surface area (Å²) in [6, 6.07) is 6.97. The molecule has 3 rings (SSSR count). The molecule has 1 fully saturated rings. The van der Waals surface area contributed by atoms with E-state index in [-0.39, 0.29) is 24.4 Å². The van der Waals surface area contributed by atoms with E-state index < -0.39 is 0 Å². The van der Waals surface area contributed by atoms with Gasteiger partial charge >= 0.3 is 0 Å². The highest BCUT2D eigenvalue weighted by Gasteiger charge is 2.33. The molecule has 2 heterocycles. The van der Waals surface area contributed by atoms with Gasteiger partial charge in [-0.3, -0.25) is 9.59 Å². The molecule has 1 unspecified atom stereocenters. The number of aromatic nitrogens is 2. The third-order valence-electron chi connectivity index (χ3n) is 4.79. The fraction of sp³-hybridized carbons (Fsp3) is 0.474. The van der Waals surface area contributed by atoms with Crippen molar-refractivity contribution in [3.8, 4) is 11.4 Å². The predicted molar refractivity (Wildman–Crippen MR) is 101 cm³/mol. The van der Waals surface area contributed by atoms with Gasteiger partial charge in [-0.25, -0.2) is 0 Å². The van der Waals surface area contributed by atoms with E-state index in [4.69, 9.17) is 16.1 Å². The molecule has 7 nitrogen and oxygen atoms in total. The SMILES string of the molecule is CCN(CC(=O)N1CCCCC1c1nc(-c2cccc(Cl)c2)no1)C(C)=O. The van der Waals surface area contributed by atoms with Gasteiger partial charge in [0.25, 0.3) is 0 Å². The van der Waals surface area contributed by atoms with Gasteiger partial charge in [0.2, 0.25) is 23.5 Å². The second kappa shape index (κ2) is 8.52. The second-order valence-corrected chi connectivity index (χ2v) is 7.03. The number of carbonyl (C=O) groups is 2. The van der Waals surface area contributed by atoms with Crippen molar-refractivity contribution >= 4 is 23.4 Å². The average molecular weight is 391 g/mol. The first-order valence-corrected chi connectivity index (χ1v) is 9.52. The molecule has 1 aromatic heterocycles. The third kappa shape index (κ3) is 4.47. The first-order chi connectivity index (χ1) is 13.0. The van der Waals surface area contributed by atoms with Gasteiger partial charge < -0.3 is 14.3 Å². The zero-order valence-electron chi connectivity index (χ0n) is 15.5. The van der Waals surface area contributed by atoms with Crippen molar-refractivity contribution in [3.63, 3.8) is 0 Å². The molecular formula is C19H23ClN4O3. The normalized spacial score (nSPS) is 17.0. The summed E-state index contributed by atoms with van der Waals surface area (Å²) in [4.78, 5) is 32.2. The molecule has 144 valence electrons. The lowest BCUT2D eigenvalue weighted by Crippen LogP contribution is -2.45. The Kier molecular flexibility index (Phi) is 6.11. The van der Waals surface area contributed by atoms with Crippen LogP contribution in [0.1, 0.15) is 45.0 Å². The number of hydrogen-bond donors (Lipinski definition) is 0. The highest BCUT2D eigenvalue weighted by Crippen LogP contribution is 2.31. The number of nitrogens with zero attached hydrogens (tertiary/aromatic N) is 4. The highest BCUT2D eigenvalue weighted by atomic mass is 35.5. The van der Waals surface area contributed by atoms with Crippen molar-refractivity contribution < 1.29 is 14.1 Å². The molecule has 27 heavy (non-hydrogen) atoms. The van der Waals surface area contributed by atoms with Gasteiger partial charge in [0, 0.05) is 30.6 Å². The van der Waals surface area contributed by atoms with E-state index in [9.17, 15) is 9.59 Å². The predicted octanol–water partition coefficient (Wildman–Crippen LogP) is 3.31. The molecule has 8 heteroatoms. The minimum Gasteiger partial charge on any atom is -0.337 e. The summed E-state index contributed by atoms with van der Waals surface area (Å²) in [6.45, 7) is 4.52. The minimum atomic E-state index is -0.266. The lowest BCUT2D eigenvalue weighted by atomic mass is 10.0. The Hall–Kier alpha value is -2.41. The van der Waals surface area contributed by atoms with Crippen LogP contribution in [0, 0.1) is 0 Å². The molecule has 0 aliphatic carbocycles. The maximum Gasteiger partial charge on any atom is 0.249 e. The van der Waals surface area contributed by atoms with Crippen LogP contribution in [-0.4, -0.2) is 51.4 Å². The van der Waals surface area contributed by atoms with Crippen molar-refractivity contribution in [2.75, 3.05) is 19.6 Å². The van der Waals surface area contributed by atoms with Gasteiger partial charge in [-0.2, -0.15) is 4.98 Å². The molecule has 1 atom stereocenters. The van der Waals surface area contributed by atoms with E-state index in [1.807, 2.05) is 19.1 Å². The number of amides is 2. The summed E-state index contributed by atoms with van der Waals surface area (Å²) in [5, 5.41) is 4.65. The Balaban J connectivity index is 1.79. The van der Waals surface area contributed by atoms with Gasteiger partial charge in [0.1, 0.15) is 6.04 Å². The summed E-state index contributed by atoms with van der Waals surface area (Å²) in [5.74, 6) is 0.660. The smallest absolute Gasteiger partial charge is 0.249 e. The quantitative estimate of drug-likeness (QED) is 0.782. The topological polar surface area (TPSA) is 79.5 Å². The lowest BCUT2D eigenvalue weighted by molar-refractivity contribution is -0.142. The molecule has 0 radical (unpaired) electrons. The van der Waals surface area contributed by atoms with Gasteiger partial charge in [-0.15, -0.1) is 0 Å². The molecular weight excluding hydrogens is 368 g/mol. The molecule has 0 saturated carbocycles. The molecule has 1 aromatic carbocycles. The van der Waals surface area contributed by atoms with Crippen LogP contribution >= 0.6 is 11.6 Å². The highest BCUT2D eigenvalue weighted by molar-refractivity contribution is 6.30. The van der Waals surface area contributed by atoms with Crippen LogP contribution in [0.25, 0.3) is 11.4 Å². The number of hydrogen-bond acceptors (Lipinski definition) is 5. The maximum absolute atomic E-state index is 12.8. The van der Waals surface area contributed by atoms with Crippen LogP contribution in [0.15, 0.2) is 28.8 Å². The summed E-state index contributed by atoms with van der Waals surface area (Å²) >= 11 is 6.03. The average Bonchev–Trinajstić information content (AvgIpc) is 3.15. The number of piperidine rings is 1. The Morgan fingerprint density at radius 3 is 2.89 bits per heavy atom. The monoisotopic (exact) mass is 390 g/mol. The van der Waals surface area contributed by atoms with Gasteiger partial charge in [-0.05, 0) is 38.3 Å². The Morgan fingerprint density at radius 2 is 2.19 bits per heavy atom. The van der Waals surface area contributed by atoms with Crippen molar-refractivity contribution in [1.29, 1.82) is 0 Å². The van der Waals surface area contributed by atoms with Crippen molar-refractivity contribution in [2.24, 2.45) is 0 Å². The minimum absolute atomic E-state index is 0.0671. The largest absolute Gasteiger partial charge is 0.337 e. The Morgan fingerprint density at radius 1 is 1.37 bits per heavy atom. The zero-order valence-corrected chi connectivity index (χ0v) is 16.3. The summed E-state index contributed by atoms with van der Waals surface area (Å²) in [5.41, 5.74) is 0.764.